The molecular weight excluding hydrogens is 330 g/mol. The van der Waals surface area contributed by atoms with Gasteiger partial charge in [0, 0.05) is 17.7 Å². The van der Waals surface area contributed by atoms with Crippen molar-refractivity contribution in [2.45, 2.75) is 0 Å². The number of nitrogens with one attached hydrogen (secondary N) is 1. The van der Waals surface area contributed by atoms with Gasteiger partial charge in [0.05, 0.1) is 11.1 Å². The summed E-state index contributed by atoms with van der Waals surface area (Å²) in [5, 5.41) is 14.5. The van der Waals surface area contributed by atoms with Crippen LogP contribution in [0.25, 0.3) is 11.1 Å². The minimum Gasteiger partial charge on any atom is -0.267 e. The number of hydrogen-bond acceptors (Lipinski definition) is 4. The summed E-state index contributed by atoms with van der Waals surface area (Å²) in [4.78, 5) is 22.1. The number of amides is 1. The second-order valence-corrected chi connectivity index (χ2v) is 5.49. The summed E-state index contributed by atoms with van der Waals surface area (Å²) in [6.07, 6.45) is 1.54. The van der Waals surface area contributed by atoms with Crippen molar-refractivity contribution in [3.8, 4) is 11.1 Å². The van der Waals surface area contributed by atoms with E-state index in [1.165, 1.54) is 30.5 Å². The van der Waals surface area contributed by atoms with Gasteiger partial charge in [-0.3, -0.25) is 14.9 Å². The molecule has 1 N–H and O–H groups in total. The van der Waals surface area contributed by atoms with Gasteiger partial charge in [0.25, 0.3) is 11.6 Å². The van der Waals surface area contributed by atoms with Gasteiger partial charge in [-0.1, -0.05) is 54.6 Å². The first-order valence-electron chi connectivity index (χ1n) is 7.87. The first-order valence-corrected chi connectivity index (χ1v) is 7.87. The molecule has 0 bridgehead atoms. The van der Waals surface area contributed by atoms with Crippen LogP contribution in [0.4, 0.5) is 5.69 Å². The highest BCUT2D eigenvalue weighted by Crippen LogP contribution is 2.18. The van der Waals surface area contributed by atoms with Crippen LogP contribution in [0, 0.1) is 10.1 Å². The Morgan fingerprint density at radius 2 is 1.50 bits per heavy atom. The van der Waals surface area contributed by atoms with Gasteiger partial charge in [-0.15, -0.1) is 0 Å². The summed E-state index contributed by atoms with van der Waals surface area (Å²) in [5.74, 6) is -0.433. The van der Waals surface area contributed by atoms with E-state index in [2.05, 4.69) is 10.5 Å². The van der Waals surface area contributed by atoms with Gasteiger partial charge in [-0.05, 0) is 28.8 Å². The first-order chi connectivity index (χ1) is 12.6. The van der Waals surface area contributed by atoms with Crippen LogP contribution in [-0.2, 0) is 0 Å². The minimum absolute atomic E-state index is 0.0662. The molecule has 6 nitrogen and oxygen atoms in total. The zero-order chi connectivity index (χ0) is 18.4. The average molecular weight is 345 g/mol. The third-order valence-electron chi connectivity index (χ3n) is 3.74. The molecule has 0 aliphatic carbocycles. The molecule has 0 aliphatic heterocycles. The molecule has 0 fully saturated rings. The van der Waals surface area contributed by atoms with Crippen LogP contribution in [0.15, 0.2) is 84.0 Å². The van der Waals surface area contributed by atoms with E-state index in [4.69, 9.17) is 0 Å². The fourth-order valence-corrected chi connectivity index (χ4v) is 2.36. The summed E-state index contributed by atoms with van der Waals surface area (Å²) < 4.78 is 0. The molecule has 0 saturated heterocycles. The van der Waals surface area contributed by atoms with Gasteiger partial charge in [0.2, 0.25) is 0 Å². The number of carbonyl (C=O) groups excluding carboxylic acids is 1. The van der Waals surface area contributed by atoms with E-state index in [0.29, 0.717) is 5.56 Å². The Labute approximate surface area is 150 Å². The Balaban J connectivity index is 1.61. The van der Waals surface area contributed by atoms with E-state index in [-0.39, 0.29) is 5.69 Å². The standard InChI is InChI=1S/C20H15N3O3/c24-20(18-10-12-19(13-11-18)23(25)26)22-21-14-15-6-8-17(9-7-15)16-4-2-1-3-5-16/h1-14H,(H,22,24)/b21-14+. The number of non-ortho nitro benzene ring substituents is 1. The molecule has 0 heterocycles. The summed E-state index contributed by atoms with van der Waals surface area (Å²) in [5.41, 5.74) is 5.70. The number of benzene rings is 3. The van der Waals surface area contributed by atoms with Crippen LogP contribution in [0.3, 0.4) is 0 Å². The van der Waals surface area contributed by atoms with Crippen LogP contribution in [0.5, 0.6) is 0 Å². The quantitative estimate of drug-likeness (QED) is 0.430. The second-order valence-electron chi connectivity index (χ2n) is 5.49. The summed E-state index contributed by atoms with van der Waals surface area (Å²) in [6.45, 7) is 0. The monoisotopic (exact) mass is 345 g/mol. The maximum absolute atomic E-state index is 12.0. The van der Waals surface area contributed by atoms with Crippen LogP contribution in [0.1, 0.15) is 15.9 Å². The van der Waals surface area contributed by atoms with Crippen LogP contribution < -0.4 is 5.43 Å². The molecule has 1 amide bonds. The van der Waals surface area contributed by atoms with Crippen LogP contribution >= 0.6 is 0 Å². The van der Waals surface area contributed by atoms with Crippen molar-refractivity contribution in [2.75, 3.05) is 0 Å². The molecule has 6 heteroatoms. The van der Waals surface area contributed by atoms with Crippen molar-refractivity contribution < 1.29 is 9.72 Å². The number of carbonyl (C=O) groups is 1. The highest BCUT2D eigenvalue weighted by molar-refractivity contribution is 5.95. The van der Waals surface area contributed by atoms with Gasteiger partial charge in [-0.2, -0.15) is 5.10 Å². The molecule has 3 rings (SSSR count). The number of hydrazone groups is 1. The van der Waals surface area contributed by atoms with Crippen LogP contribution in [-0.4, -0.2) is 17.0 Å². The third kappa shape index (κ3) is 4.18. The average Bonchev–Trinajstić information content (AvgIpc) is 2.69. The van der Waals surface area contributed by atoms with Crippen molar-refractivity contribution >= 4 is 17.8 Å². The molecule has 128 valence electrons. The minimum atomic E-state index is -0.515. The summed E-state index contributed by atoms with van der Waals surface area (Å²) in [6, 6.07) is 23.1. The lowest BCUT2D eigenvalue weighted by atomic mass is 10.0. The lowest BCUT2D eigenvalue weighted by molar-refractivity contribution is -0.384. The van der Waals surface area contributed by atoms with E-state index in [0.717, 1.165) is 16.7 Å². The molecular formula is C20H15N3O3. The van der Waals surface area contributed by atoms with Gasteiger partial charge < -0.3 is 0 Å². The second kappa shape index (κ2) is 7.85. The van der Waals surface area contributed by atoms with E-state index in [1.54, 1.807) is 0 Å². The first kappa shape index (κ1) is 17.0. The van der Waals surface area contributed by atoms with E-state index in [9.17, 15) is 14.9 Å². The van der Waals surface area contributed by atoms with Crippen molar-refractivity contribution in [1.82, 2.24) is 5.43 Å². The highest BCUT2D eigenvalue weighted by Gasteiger charge is 2.08. The molecule has 0 radical (unpaired) electrons. The fourth-order valence-electron chi connectivity index (χ4n) is 2.36. The van der Waals surface area contributed by atoms with E-state index in [1.807, 2.05) is 54.6 Å². The van der Waals surface area contributed by atoms with Crippen LogP contribution in [0.2, 0.25) is 0 Å². The molecule has 0 spiro atoms. The van der Waals surface area contributed by atoms with Crippen molar-refractivity contribution in [3.63, 3.8) is 0 Å². The lowest BCUT2D eigenvalue weighted by Crippen LogP contribution is -2.17. The molecule has 3 aromatic carbocycles. The molecule has 0 unspecified atom stereocenters. The van der Waals surface area contributed by atoms with Gasteiger partial charge in [0.1, 0.15) is 0 Å². The van der Waals surface area contributed by atoms with Crippen molar-refractivity contribution in [1.29, 1.82) is 0 Å². The topological polar surface area (TPSA) is 84.6 Å². The highest BCUT2D eigenvalue weighted by atomic mass is 16.6. The van der Waals surface area contributed by atoms with Crippen molar-refractivity contribution in [3.05, 3.63) is 100 Å². The molecule has 26 heavy (non-hydrogen) atoms. The van der Waals surface area contributed by atoms with Crippen molar-refractivity contribution in [2.24, 2.45) is 5.10 Å². The number of nitrogens with zero attached hydrogens (tertiary/aromatic N) is 2. The Kier molecular flexibility index (Phi) is 5.14. The van der Waals surface area contributed by atoms with E-state index < -0.39 is 10.8 Å². The molecule has 3 aromatic rings. The molecule has 0 saturated carbocycles. The fraction of sp³-hybridized carbons (Fsp3) is 0. The number of rotatable bonds is 5. The zero-order valence-corrected chi connectivity index (χ0v) is 13.7. The van der Waals surface area contributed by atoms with Gasteiger partial charge >= 0.3 is 0 Å². The van der Waals surface area contributed by atoms with Gasteiger partial charge in [0.15, 0.2) is 0 Å². The summed E-state index contributed by atoms with van der Waals surface area (Å²) >= 11 is 0. The SMILES string of the molecule is O=C(N/N=C/c1ccc(-c2ccccc2)cc1)c1ccc([N+](=O)[O-])cc1. The maximum Gasteiger partial charge on any atom is 0.271 e. The molecule has 0 aliphatic rings. The third-order valence-corrected chi connectivity index (χ3v) is 3.74. The van der Waals surface area contributed by atoms with E-state index >= 15 is 0 Å². The predicted molar refractivity (Wildman–Crippen MR) is 100 cm³/mol. The number of nitro benzene ring substituents is 1. The smallest absolute Gasteiger partial charge is 0.267 e. The Bertz CT molecular complexity index is 934. The Morgan fingerprint density at radius 1 is 0.885 bits per heavy atom. The summed E-state index contributed by atoms with van der Waals surface area (Å²) in [7, 11) is 0. The zero-order valence-electron chi connectivity index (χ0n) is 13.7. The largest absolute Gasteiger partial charge is 0.271 e. The van der Waals surface area contributed by atoms with Gasteiger partial charge in [-0.25, -0.2) is 5.43 Å². The molecule has 0 atom stereocenters. The lowest BCUT2D eigenvalue weighted by Gasteiger charge is -2.02. The maximum atomic E-state index is 12.0. The normalized spacial score (nSPS) is 10.6. The Hall–Kier alpha value is -3.80. The number of nitro groups is 1. The predicted octanol–water partition coefficient (Wildman–Crippen LogP) is 4.03. The Morgan fingerprint density at radius 3 is 2.12 bits per heavy atom. The molecule has 0 aromatic heterocycles. The number of hydrogen-bond donors (Lipinski definition) is 1.